The zero-order chi connectivity index (χ0) is 10.1. The molecule has 0 saturated carbocycles. The minimum absolute atomic E-state index is 0.363. The first-order chi connectivity index (χ1) is 5.94. The number of rotatable bonds is 2. The van der Waals surface area contributed by atoms with Crippen LogP contribution in [0.25, 0.3) is 0 Å². The molecule has 0 saturated heterocycles. The Morgan fingerprint density at radius 3 is 2.54 bits per heavy atom. The van der Waals surface area contributed by atoms with Crippen LogP contribution < -0.4 is 5.73 Å². The number of aromatic nitrogens is 1. The molecular formula is C9H12F2N2. The highest BCUT2D eigenvalue weighted by Gasteiger charge is 2.32. The van der Waals surface area contributed by atoms with Crippen LogP contribution in [-0.2, 0) is 5.54 Å². The predicted octanol–water partition coefficient (Wildman–Crippen LogP) is 1.83. The summed E-state index contributed by atoms with van der Waals surface area (Å²) in [7, 11) is 0. The first kappa shape index (κ1) is 10.1. The van der Waals surface area contributed by atoms with Crippen LogP contribution in [0, 0.1) is 6.92 Å². The molecule has 1 atom stereocenters. The minimum atomic E-state index is -2.59. The summed E-state index contributed by atoms with van der Waals surface area (Å²) >= 11 is 0. The monoisotopic (exact) mass is 186 g/mol. The second-order valence-corrected chi connectivity index (χ2v) is 3.33. The highest BCUT2D eigenvalue weighted by atomic mass is 19.3. The lowest BCUT2D eigenvalue weighted by Crippen LogP contribution is -2.40. The fraction of sp³-hybridized carbons (Fsp3) is 0.444. The standard InChI is InChI=1S/C9H12F2N2/c1-6-3-7(5-13-4-6)9(2,12)8(10)11/h3-5,8H,12H2,1-2H3. The van der Waals surface area contributed by atoms with E-state index in [1.807, 2.05) is 0 Å². The van der Waals surface area contributed by atoms with Crippen LogP contribution in [0.15, 0.2) is 18.5 Å². The van der Waals surface area contributed by atoms with E-state index < -0.39 is 12.0 Å². The third-order valence-electron chi connectivity index (χ3n) is 1.95. The summed E-state index contributed by atoms with van der Waals surface area (Å²) in [5.41, 5.74) is 5.04. The molecule has 2 nitrogen and oxygen atoms in total. The zero-order valence-corrected chi connectivity index (χ0v) is 7.59. The van der Waals surface area contributed by atoms with Crippen molar-refractivity contribution in [2.45, 2.75) is 25.8 Å². The Balaban J connectivity index is 3.07. The van der Waals surface area contributed by atoms with Crippen LogP contribution in [0.1, 0.15) is 18.1 Å². The van der Waals surface area contributed by atoms with Crippen LogP contribution in [-0.4, -0.2) is 11.4 Å². The summed E-state index contributed by atoms with van der Waals surface area (Å²) in [5, 5.41) is 0. The van der Waals surface area contributed by atoms with Gasteiger partial charge in [-0.1, -0.05) is 6.07 Å². The Morgan fingerprint density at radius 2 is 2.08 bits per heavy atom. The maximum atomic E-state index is 12.5. The molecule has 0 aromatic carbocycles. The Kier molecular flexibility index (Phi) is 2.61. The Labute approximate surface area is 75.8 Å². The molecule has 1 aromatic rings. The van der Waals surface area contributed by atoms with E-state index in [2.05, 4.69) is 4.98 Å². The van der Waals surface area contributed by atoms with Crippen molar-refractivity contribution >= 4 is 0 Å². The van der Waals surface area contributed by atoms with Crippen molar-refractivity contribution in [1.29, 1.82) is 0 Å². The lowest BCUT2D eigenvalue weighted by molar-refractivity contribution is 0.0623. The van der Waals surface area contributed by atoms with Crippen LogP contribution in [0.3, 0.4) is 0 Å². The number of nitrogens with two attached hydrogens (primary N) is 1. The number of halogens is 2. The van der Waals surface area contributed by atoms with E-state index in [1.165, 1.54) is 13.1 Å². The number of alkyl halides is 2. The molecule has 72 valence electrons. The van der Waals surface area contributed by atoms with Crippen LogP contribution in [0.2, 0.25) is 0 Å². The highest BCUT2D eigenvalue weighted by molar-refractivity contribution is 5.24. The number of pyridine rings is 1. The van der Waals surface area contributed by atoms with Gasteiger partial charge in [0.2, 0.25) is 0 Å². The van der Waals surface area contributed by atoms with Gasteiger partial charge in [0, 0.05) is 12.4 Å². The molecule has 2 N–H and O–H groups in total. The lowest BCUT2D eigenvalue weighted by atomic mass is 9.94. The average molecular weight is 186 g/mol. The topological polar surface area (TPSA) is 38.9 Å². The molecule has 1 rings (SSSR count). The third kappa shape index (κ3) is 2.01. The van der Waals surface area contributed by atoms with Gasteiger partial charge in [-0.15, -0.1) is 0 Å². The summed E-state index contributed by atoms with van der Waals surface area (Å²) in [6.07, 6.45) is 0.389. The van der Waals surface area contributed by atoms with E-state index in [9.17, 15) is 8.78 Å². The van der Waals surface area contributed by atoms with E-state index in [0.29, 0.717) is 5.56 Å². The van der Waals surface area contributed by atoms with E-state index in [-0.39, 0.29) is 0 Å². The highest BCUT2D eigenvalue weighted by Crippen LogP contribution is 2.24. The third-order valence-corrected chi connectivity index (χ3v) is 1.95. The molecule has 0 aliphatic rings. The van der Waals surface area contributed by atoms with Gasteiger partial charge in [-0.25, -0.2) is 8.78 Å². The van der Waals surface area contributed by atoms with E-state index >= 15 is 0 Å². The molecule has 13 heavy (non-hydrogen) atoms. The fourth-order valence-electron chi connectivity index (χ4n) is 0.976. The largest absolute Gasteiger partial charge is 0.317 e. The molecule has 0 radical (unpaired) electrons. The fourth-order valence-corrected chi connectivity index (χ4v) is 0.976. The van der Waals surface area contributed by atoms with Gasteiger partial charge < -0.3 is 5.73 Å². The minimum Gasteiger partial charge on any atom is -0.317 e. The Hall–Kier alpha value is -1.03. The van der Waals surface area contributed by atoms with Gasteiger partial charge in [0.15, 0.2) is 0 Å². The van der Waals surface area contributed by atoms with Gasteiger partial charge in [0.25, 0.3) is 6.43 Å². The van der Waals surface area contributed by atoms with Crippen LogP contribution in [0.5, 0.6) is 0 Å². The summed E-state index contributed by atoms with van der Waals surface area (Å²) in [4.78, 5) is 3.82. The van der Waals surface area contributed by atoms with Crippen molar-refractivity contribution in [1.82, 2.24) is 4.98 Å². The normalized spacial score (nSPS) is 15.8. The zero-order valence-electron chi connectivity index (χ0n) is 7.59. The molecule has 0 amide bonds. The predicted molar refractivity (Wildman–Crippen MR) is 46.5 cm³/mol. The Morgan fingerprint density at radius 1 is 1.46 bits per heavy atom. The molecule has 1 heterocycles. The summed E-state index contributed by atoms with van der Waals surface area (Å²) in [6.45, 7) is 3.09. The SMILES string of the molecule is Cc1cncc(C(C)(N)C(F)F)c1. The first-order valence-electron chi connectivity index (χ1n) is 3.93. The lowest BCUT2D eigenvalue weighted by Gasteiger charge is -2.23. The summed E-state index contributed by atoms with van der Waals surface area (Å²) in [6, 6.07) is 1.62. The first-order valence-corrected chi connectivity index (χ1v) is 3.93. The van der Waals surface area contributed by atoms with E-state index in [1.54, 1.807) is 19.2 Å². The van der Waals surface area contributed by atoms with Crippen molar-refractivity contribution in [3.63, 3.8) is 0 Å². The maximum absolute atomic E-state index is 12.5. The molecule has 0 bridgehead atoms. The van der Waals surface area contributed by atoms with Gasteiger partial charge in [0.05, 0.1) is 0 Å². The number of hydrogen-bond acceptors (Lipinski definition) is 2. The van der Waals surface area contributed by atoms with Gasteiger partial charge in [-0.2, -0.15) is 0 Å². The van der Waals surface area contributed by atoms with Gasteiger partial charge >= 0.3 is 0 Å². The molecule has 1 unspecified atom stereocenters. The van der Waals surface area contributed by atoms with Crippen molar-refractivity contribution in [2.24, 2.45) is 5.73 Å². The Bertz CT molecular complexity index is 297. The molecule has 0 aliphatic carbocycles. The van der Waals surface area contributed by atoms with Gasteiger partial charge in [-0.05, 0) is 25.0 Å². The molecule has 0 fully saturated rings. The molecular weight excluding hydrogens is 174 g/mol. The molecule has 1 aromatic heterocycles. The smallest absolute Gasteiger partial charge is 0.260 e. The van der Waals surface area contributed by atoms with Gasteiger partial charge in [-0.3, -0.25) is 4.98 Å². The van der Waals surface area contributed by atoms with Crippen LogP contribution in [0.4, 0.5) is 8.78 Å². The molecule has 0 aliphatic heterocycles. The van der Waals surface area contributed by atoms with Crippen molar-refractivity contribution in [2.75, 3.05) is 0 Å². The van der Waals surface area contributed by atoms with Gasteiger partial charge in [0.1, 0.15) is 5.54 Å². The summed E-state index contributed by atoms with van der Waals surface area (Å²) < 4.78 is 25.0. The second-order valence-electron chi connectivity index (χ2n) is 3.33. The molecule has 0 spiro atoms. The number of hydrogen-bond donors (Lipinski definition) is 1. The van der Waals surface area contributed by atoms with E-state index in [0.717, 1.165) is 5.56 Å². The summed E-state index contributed by atoms with van der Waals surface area (Å²) in [5.74, 6) is 0. The van der Waals surface area contributed by atoms with Crippen molar-refractivity contribution in [3.8, 4) is 0 Å². The maximum Gasteiger partial charge on any atom is 0.260 e. The van der Waals surface area contributed by atoms with E-state index in [4.69, 9.17) is 5.73 Å². The van der Waals surface area contributed by atoms with Crippen molar-refractivity contribution in [3.05, 3.63) is 29.6 Å². The average Bonchev–Trinajstić information content (AvgIpc) is 2.04. The number of aryl methyl sites for hydroxylation is 1. The second kappa shape index (κ2) is 3.38. The van der Waals surface area contributed by atoms with Crippen LogP contribution >= 0.6 is 0 Å². The quantitative estimate of drug-likeness (QED) is 0.765. The number of nitrogens with zero attached hydrogens (tertiary/aromatic N) is 1. The van der Waals surface area contributed by atoms with Crippen molar-refractivity contribution < 1.29 is 8.78 Å². The molecule has 4 heteroatoms.